The SMILES string of the molecule is Cc1ccc(C2=NC(NC(=O)C(CC(C)C)C3(C(N)=O)CCC3)C(=O)N(C)c3ccccc32)cc1. The molecule has 0 aromatic heterocycles. The molecule has 3 N–H and O–H groups in total. The topological polar surface area (TPSA) is 105 Å². The zero-order valence-corrected chi connectivity index (χ0v) is 20.9. The minimum Gasteiger partial charge on any atom is -0.369 e. The standard InChI is InChI=1S/C28H34N4O3/c1-17(2)16-21(28(27(29)35)14-7-15-28)25(33)31-24-26(34)32(4)22-9-6-5-8-20(22)23(30-24)19-12-10-18(3)11-13-19/h5-6,8-13,17,21,24H,7,14-16H2,1-4H3,(H2,29,35)(H,31,33). The van der Waals surface area contributed by atoms with Gasteiger partial charge in [0.25, 0.3) is 5.91 Å². The van der Waals surface area contributed by atoms with Crippen molar-refractivity contribution < 1.29 is 14.4 Å². The molecule has 184 valence electrons. The lowest BCUT2D eigenvalue weighted by Gasteiger charge is -2.45. The van der Waals surface area contributed by atoms with Crippen LogP contribution in [0.1, 0.15) is 56.2 Å². The molecule has 0 saturated heterocycles. The maximum absolute atomic E-state index is 13.7. The van der Waals surface area contributed by atoms with Crippen molar-refractivity contribution in [3.05, 3.63) is 65.2 Å². The molecule has 3 amide bonds. The predicted octanol–water partition coefficient (Wildman–Crippen LogP) is 3.57. The Morgan fingerprint density at radius 3 is 2.37 bits per heavy atom. The maximum Gasteiger partial charge on any atom is 0.272 e. The van der Waals surface area contributed by atoms with Crippen LogP contribution in [0.2, 0.25) is 0 Å². The number of carbonyl (C=O) groups excluding carboxylic acids is 3. The van der Waals surface area contributed by atoms with Crippen molar-refractivity contribution in [2.45, 2.75) is 52.6 Å². The highest BCUT2D eigenvalue weighted by molar-refractivity contribution is 6.20. The van der Waals surface area contributed by atoms with Gasteiger partial charge in [-0.2, -0.15) is 0 Å². The average Bonchev–Trinajstić information content (AvgIpc) is 2.88. The highest BCUT2D eigenvalue weighted by Gasteiger charge is 2.52. The molecule has 1 aliphatic carbocycles. The number of nitrogens with two attached hydrogens (primary N) is 1. The molecule has 4 rings (SSSR count). The molecule has 2 unspecified atom stereocenters. The number of hydrogen-bond donors (Lipinski definition) is 2. The largest absolute Gasteiger partial charge is 0.369 e. The van der Waals surface area contributed by atoms with E-state index in [1.165, 1.54) is 4.90 Å². The summed E-state index contributed by atoms with van der Waals surface area (Å²) in [4.78, 5) is 45.9. The second-order valence-corrected chi connectivity index (χ2v) is 10.2. The van der Waals surface area contributed by atoms with Crippen molar-refractivity contribution >= 4 is 29.1 Å². The summed E-state index contributed by atoms with van der Waals surface area (Å²) in [6, 6.07) is 15.5. The van der Waals surface area contributed by atoms with Gasteiger partial charge in [-0.05, 0) is 38.2 Å². The number of benzodiazepines with no additional fused rings is 1. The van der Waals surface area contributed by atoms with Gasteiger partial charge in [0, 0.05) is 18.2 Å². The summed E-state index contributed by atoms with van der Waals surface area (Å²) in [5.74, 6) is -1.54. The first-order chi connectivity index (χ1) is 16.6. The molecule has 2 atom stereocenters. The number of benzene rings is 2. The van der Waals surface area contributed by atoms with Crippen molar-refractivity contribution in [1.82, 2.24) is 5.32 Å². The Bertz CT molecular complexity index is 1160. The smallest absolute Gasteiger partial charge is 0.272 e. The summed E-state index contributed by atoms with van der Waals surface area (Å²) < 4.78 is 0. The first kappa shape index (κ1) is 24.6. The Morgan fingerprint density at radius 1 is 1.14 bits per heavy atom. The Balaban J connectivity index is 1.74. The van der Waals surface area contributed by atoms with Gasteiger partial charge < -0.3 is 16.0 Å². The Kier molecular flexibility index (Phi) is 6.79. The summed E-state index contributed by atoms with van der Waals surface area (Å²) in [6.45, 7) is 6.04. The van der Waals surface area contributed by atoms with Crippen LogP contribution in [0.3, 0.4) is 0 Å². The number of para-hydroxylation sites is 1. The van der Waals surface area contributed by atoms with E-state index in [-0.39, 0.29) is 17.7 Å². The van der Waals surface area contributed by atoms with Crippen molar-refractivity contribution in [3.63, 3.8) is 0 Å². The third kappa shape index (κ3) is 4.59. The highest BCUT2D eigenvalue weighted by atomic mass is 16.2. The van der Waals surface area contributed by atoms with E-state index in [0.717, 1.165) is 28.8 Å². The van der Waals surface area contributed by atoms with Crippen LogP contribution in [0.15, 0.2) is 53.5 Å². The quantitative estimate of drug-likeness (QED) is 0.641. The van der Waals surface area contributed by atoms with Gasteiger partial charge in [-0.25, -0.2) is 4.99 Å². The van der Waals surface area contributed by atoms with Gasteiger partial charge in [0.1, 0.15) is 0 Å². The third-order valence-corrected chi connectivity index (χ3v) is 7.37. The molecule has 2 aromatic rings. The summed E-state index contributed by atoms with van der Waals surface area (Å²) in [6.07, 6.45) is 1.45. The van der Waals surface area contributed by atoms with Gasteiger partial charge in [-0.15, -0.1) is 0 Å². The minimum absolute atomic E-state index is 0.186. The van der Waals surface area contributed by atoms with Crippen molar-refractivity contribution in [1.29, 1.82) is 0 Å². The number of aliphatic imine (C=N–C) groups is 1. The Labute approximate surface area is 206 Å². The molecule has 0 radical (unpaired) electrons. The number of nitrogens with zero attached hydrogens (tertiary/aromatic N) is 2. The van der Waals surface area contributed by atoms with E-state index in [9.17, 15) is 14.4 Å². The molecule has 2 aromatic carbocycles. The van der Waals surface area contributed by atoms with Crippen LogP contribution in [0, 0.1) is 24.2 Å². The normalized spacial score (nSPS) is 19.8. The van der Waals surface area contributed by atoms with E-state index >= 15 is 0 Å². The van der Waals surface area contributed by atoms with Crippen LogP contribution < -0.4 is 16.0 Å². The van der Waals surface area contributed by atoms with E-state index in [1.807, 2.05) is 69.3 Å². The lowest BCUT2D eigenvalue weighted by atomic mass is 9.58. The number of anilines is 1. The van der Waals surface area contributed by atoms with Gasteiger partial charge >= 0.3 is 0 Å². The summed E-state index contributed by atoms with van der Waals surface area (Å²) in [5.41, 5.74) is 9.09. The molecule has 0 bridgehead atoms. The molecule has 1 fully saturated rings. The van der Waals surface area contributed by atoms with Gasteiger partial charge in [0.05, 0.1) is 22.7 Å². The van der Waals surface area contributed by atoms with Crippen LogP contribution in [0.25, 0.3) is 0 Å². The van der Waals surface area contributed by atoms with Crippen LogP contribution in [-0.2, 0) is 14.4 Å². The molecule has 7 heteroatoms. The number of amides is 3. The number of rotatable bonds is 7. The van der Waals surface area contributed by atoms with Crippen molar-refractivity contribution in [3.8, 4) is 0 Å². The molecular formula is C28H34N4O3. The second kappa shape index (κ2) is 9.64. The van der Waals surface area contributed by atoms with Crippen LogP contribution >= 0.6 is 0 Å². The van der Waals surface area contributed by atoms with Gasteiger partial charge in [-0.3, -0.25) is 14.4 Å². The minimum atomic E-state index is -1.11. The van der Waals surface area contributed by atoms with E-state index < -0.39 is 23.4 Å². The Morgan fingerprint density at radius 2 is 1.80 bits per heavy atom. The molecule has 35 heavy (non-hydrogen) atoms. The van der Waals surface area contributed by atoms with Gasteiger partial charge in [0.2, 0.25) is 18.0 Å². The number of fused-ring (bicyclic) bond motifs is 1. The summed E-state index contributed by atoms with van der Waals surface area (Å²) in [5, 5.41) is 2.89. The predicted molar refractivity (Wildman–Crippen MR) is 137 cm³/mol. The summed E-state index contributed by atoms with van der Waals surface area (Å²) >= 11 is 0. The zero-order valence-electron chi connectivity index (χ0n) is 20.9. The molecular weight excluding hydrogens is 440 g/mol. The van der Waals surface area contributed by atoms with Crippen LogP contribution in [0.5, 0.6) is 0 Å². The molecule has 1 aliphatic heterocycles. The third-order valence-electron chi connectivity index (χ3n) is 7.37. The van der Waals surface area contributed by atoms with Crippen LogP contribution in [-0.4, -0.2) is 36.6 Å². The van der Waals surface area contributed by atoms with Crippen molar-refractivity contribution in [2.75, 3.05) is 11.9 Å². The summed E-state index contributed by atoms with van der Waals surface area (Å²) in [7, 11) is 1.69. The number of carbonyl (C=O) groups is 3. The molecule has 7 nitrogen and oxygen atoms in total. The van der Waals surface area contributed by atoms with E-state index in [1.54, 1.807) is 7.05 Å². The van der Waals surface area contributed by atoms with Crippen LogP contribution in [0.4, 0.5) is 5.69 Å². The van der Waals surface area contributed by atoms with E-state index in [0.29, 0.717) is 25.0 Å². The number of hydrogen-bond acceptors (Lipinski definition) is 4. The maximum atomic E-state index is 13.7. The van der Waals surface area contributed by atoms with Gasteiger partial charge in [-0.1, -0.05) is 68.3 Å². The highest BCUT2D eigenvalue weighted by Crippen LogP contribution is 2.49. The molecule has 2 aliphatic rings. The number of aryl methyl sites for hydroxylation is 1. The van der Waals surface area contributed by atoms with E-state index in [2.05, 4.69) is 5.32 Å². The number of primary amides is 1. The second-order valence-electron chi connectivity index (χ2n) is 10.2. The number of likely N-dealkylation sites (N-methyl/N-ethyl adjacent to an activating group) is 1. The lowest BCUT2D eigenvalue weighted by Crippen LogP contribution is -2.56. The Hall–Kier alpha value is -3.48. The van der Waals surface area contributed by atoms with Gasteiger partial charge in [0.15, 0.2) is 0 Å². The number of nitrogens with one attached hydrogen (secondary N) is 1. The first-order valence-electron chi connectivity index (χ1n) is 12.3. The first-order valence-corrected chi connectivity index (χ1v) is 12.3. The molecule has 1 heterocycles. The fraction of sp³-hybridized carbons (Fsp3) is 0.429. The lowest BCUT2D eigenvalue weighted by molar-refractivity contribution is -0.148. The fourth-order valence-electron chi connectivity index (χ4n) is 5.17. The van der Waals surface area contributed by atoms with Crippen molar-refractivity contribution in [2.24, 2.45) is 28.0 Å². The average molecular weight is 475 g/mol. The fourth-order valence-corrected chi connectivity index (χ4v) is 5.17. The zero-order chi connectivity index (χ0) is 25.3. The van der Waals surface area contributed by atoms with E-state index in [4.69, 9.17) is 10.7 Å². The monoisotopic (exact) mass is 474 g/mol. The molecule has 1 saturated carbocycles. The molecule has 0 spiro atoms.